The van der Waals surface area contributed by atoms with E-state index in [0.29, 0.717) is 0 Å². The Morgan fingerprint density at radius 3 is 2.35 bits per heavy atom. The molecule has 0 aromatic carbocycles. The molecule has 0 spiro atoms. The van der Waals surface area contributed by atoms with Crippen LogP contribution in [0.2, 0.25) is 0 Å². The van der Waals surface area contributed by atoms with Crippen LogP contribution < -0.4 is 5.32 Å². The quantitative estimate of drug-likeness (QED) is 0.239. The van der Waals surface area contributed by atoms with Crippen LogP contribution in [0.4, 0.5) is 4.79 Å². The Hall–Kier alpha value is -0.960. The fraction of sp³-hybridized carbons (Fsp3) is 0.636. The van der Waals surface area contributed by atoms with Crippen LogP contribution in [0.15, 0.2) is 0 Å². The Labute approximate surface area is 150 Å². The SMILES string of the molecule is COC(=O)C(=O)[C@@]1(Cl)NC(=O)[C@H]1C(C)OC(=O)OCC(Cl)(Cl)Cl. The molecule has 23 heavy (non-hydrogen) atoms. The standard InChI is InChI=1S/C11H11Cl4NO7/c1-4(23-9(20)22-3-10(12,13)14)5-7(18)16-11(5,15)6(17)8(19)21-2/h4-5H,3H2,1-2H3,(H,16,18)/t4?,5-,11+/m1/s1. The lowest BCUT2D eigenvalue weighted by atomic mass is 9.82. The van der Waals surface area contributed by atoms with Gasteiger partial charge in [-0.3, -0.25) is 9.59 Å². The number of carbonyl (C=O) groups is 4. The van der Waals surface area contributed by atoms with Gasteiger partial charge in [0, 0.05) is 0 Å². The van der Waals surface area contributed by atoms with E-state index in [1.165, 1.54) is 6.92 Å². The second-order valence-electron chi connectivity index (χ2n) is 4.48. The molecule has 130 valence electrons. The molecule has 12 heteroatoms. The monoisotopic (exact) mass is 409 g/mol. The highest BCUT2D eigenvalue weighted by Gasteiger charge is 2.63. The largest absolute Gasteiger partial charge is 0.508 e. The zero-order chi connectivity index (χ0) is 18.0. The summed E-state index contributed by atoms with van der Waals surface area (Å²) in [5.74, 6) is -4.47. The van der Waals surface area contributed by atoms with Crippen molar-refractivity contribution in [1.82, 2.24) is 5.32 Å². The first-order chi connectivity index (χ1) is 10.4. The van der Waals surface area contributed by atoms with Crippen LogP contribution in [0.25, 0.3) is 0 Å². The summed E-state index contributed by atoms with van der Waals surface area (Å²) >= 11 is 22.1. The lowest BCUT2D eigenvalue weighted by molar-refractivity contribution is -0.162. The summed E-state index contributed by atoms with van der Waals surface area (Å²) in [7, 11) is 0.976. The first-order valence-corrected chi connectivity index (χ1v) is 7.47. The molecule has 0 bridgehead atoms. The summed E-state index contributed by atoms with van der Waals surface area (Å²) in [5.41, 5.74) is 0. The van der Waals surface area contributed by atoms with Gasteiger partial charge < -0.3 is 19.5 Å². The summed E-state index contributed by atoms with van der Waals surface area (Å²) in [6, 6.07) is 0. The number of nitrogens with one attached hydrogen (secondary N) is 1. The van der Waals surface area contributed by atoms with Crippen molar-refractivity contribution in [2.45, 2.75) is 21.8 Å². The van der Waals surface area contributed by atoms with Crippen molar-refractivity contribution in [1.29, 1.82) is 0 Å². The Morgan fingerprint density at radius 1 is 1.35 bits per heavy atom. The van der Waals surface area contributed by atoms with Crippen LogP contribution >= 0.6 is 46.4 Å². The number of rotatable bonds is 5. The first kappa shape index (κ1) is 20.1. The Bertz CT molecular complexity index is 535. The number of hydrogen-bond acceptors (Lipinski definition) is 7. The van der Waals surface area contributed by atoms with Crippen LogP contribution in [0.1, 0.15) is 6.92 Å². The molecule has 0 aromatic rings. The number of alkyl halides is 4. The molecule has 8 nitrogen and oxygen atoms in total. The number of halogens is 4. The maximum Gasteiger partial charge on any atom is 0.508 e. The molecule has 1 aliphatic heterocycles. The van der Waals surface area contributed by atoms with Crippen LogP contribution in [0, 0.1) is 5.92 Å². The number of carbonyl (C=O) groups excluding carboxylic acids is 4. The van der Waals surface area contributed by atoms with Crippen molar-refractivity contribution < 1.29 is 33.4 Å². The molecular formula is C11H11Cl4NO7. The molecule has 1 heterocycles. The average molecular weight is 411 g/mol. The van der Waals surface area contributed by atoms with Gasteiger partial charge >= 0.3 is 12.1 Å². The number of amides is 1. The van der Waals surface area contributed by atoms with Gasteiger partial charge in [-0.25, -0.2) is 9.59 Å². The molecule has 0 radical (unpaired) electrons. The third-order valence-electron chi connectivity index (χ3n) is 2.82. The van der Waals surface area contributed by atoms with Crippen molar-refractivity contribution in [3.63, 3.8) is 0 Å². The Kier molecular flexibility index (Phi) is 6.37. The zero-order valence-electron chi connectivity index (χ0n) is 11.7. The number of esters is 1. The highest BCUT2D eigenvalue weighted by Crippen LogP contribution is 2.37. The third-order valence-corrected chi connectivity index (χ3v) is 3.65. The van der Waals surface area contributed by atoms with Gasteiger partial charge in [-0.05, 0) is 6.92 Å². The van der Waals surface area contributed by atoms with Crippen LogP contribution in [0.5, 0.6) is 0 Å². The number of β-lactam (4-membered cyclic amide) rings is 1. The van der Waals surface area contributed by atoms with Crippen LogP contribution in [-0.2, 0) is 28.6 Å². The fourth-order valence-electron chi connectivity index (χ4n) is 1.81. The summed E-state index contributed by atoms with van der Waals surface area (Å²) in [6.45, 7) is 0.689. The average Bonchev–Trinajstić information content (AvgIpc) is 2.41. The van der Waals surface area contributed by atoms with Gasteiger partial charge in [0.2, 0.25) is 14.7 Å². The Morgan fingerprint density at radius 2 is 1.91 bits per heavy atom. The lowest BCUT2D eigenvalue weighted by Gasteiger charge is -2.44. The molecule has 1 aliphatic rings. The normalized spacial score (nSPS) is 24.8. The summed E-state index contributed by atoms with van der Waals surface area (Å²) in [4.78, 5) is 44.1. The van der Waals surface area contributed by atoms with Gasteiger partial charge in [-0.2, -0.15) is 0 Å². The van der Waals surface area contributed by atoms with Crippen molar-refractivity contribution in [2.75, 3.05) is 13.7 Å². The molecule has 1 rings (SSSR count). The van der Waals surface area contributed by atoms with Gasteiger partial charge in [0.15, 0.2) is 0 Å². The molecule has 3 atom stereocenters. The maximum atomic E-state index is 11.8. The highest BCUT2D eigenvalue weighted by atomic mass is 35.6. The second-order valence-corrected chi connectivity index (χ2v) is 7.59. The van der Waals surface area contributed by atoms with E-state index in [2.05, 4.69) is 14.8 Å². The minimum atomic E-state index is -2.07. The van der Waals surface area contributed by atoms with E-state index in [0.717, 1.165) is 7.11 Å². The zero-order valence-corrected chi connectivity index (χ0v) is 14.8. The van der Waals surface area contributed by atoms with E-state index in [4.69, 9.17) is 51.1 Å². The van der Waals surface area contributed by atoms with E-state index in [1.54, 1.807) is 0 Å². The third kappa shape index (κ3) is 4.76. The fourth-order valence-corrected chi connectivity index (χ4v) is 2.42. The molecule has 0 aromatic heterocycles. The first-order valence-electron chi connectivity index (χ1n) is 5.96. The molecule has 1 amide bonds. The van der Waals surface area contributed by atoms with E-state index in [9.17, 15) is 19.2 Å². The number of ketones is 1. The summed E-state index contributed by atoms with van der Waals surface area (Å²) in [5, 5.41) is 2.08. The predicted molar refractivity (Wildman–Crippen MR) is 79.4 cm³/mol. The van der Waals surface area contributed by atoms with Gasteiger partial charge in [0.05, 0.1) is 7.11 Å². The summed E-state index contributed by atoms with van der Waals surface area (Å²) < 4.78 is 11.7. The number of ether oxygens (including phenoxy) is 3. The van der Waals surface area contributed by atoms with Gasteiger partial charge in [-0.1, -0.05) is 46.4 Å². The molecule has 0 saturated carbocycles. The molecule has 1 fully saturated rings. The highest BCUT2D eigenvalue weighted by molar-refractivity contribution is 6.67. The van der Waals surface area contributed by atoms with E-state index < -0.39 is 51.2 Å². The second kappa shape index (κ2) is 7.29. The van der Waals surface area contributed by atoms with Crippen molar-refractivity contribution in [2.24, 2.45) is 5.92 Å². The smallest absolute Gasteiger partial charge is 0.463 e. The van der Waals surface area contributed by atoms with Crippen molar-refractivity contribution in [3.05, 3.63) is 0 Å². The van der Waals surface area contributed by atoms with E-state index >= 15 is 0 Å². The number of Topliss-reactive ketones (excluding diaryl/α,β-unsaturated/α-hetero) is 1. The van der Waals surface area contributed by atoms with Crippen molar-refractivity contribution >= 4 is 70.2 Å². The Balaban J connectivity index is 2.72. The van der Waals surface area contributed by atoms with Gasteiger partial charge in [0.1, 0.15) is 18.6 Å². The molecular weight excluding hydrogens is 400 g/mol. The number of methoxy groups -OCH3 is 1. The lowest BCUT2D eigenvalue weighted by Crippen LogP contribution is -2.74. The van der Waals surface area contributed by atoms with E-state index in [-0.39, 0.29) is 0 Å². The van der Waals surface area contributed by atoms with Gasteiger partial charge in [0.25, 0.3) is 5.78 Å². The maximum absolute atomic E-state index is 11.8. The topological polar surface area (TPSA) is 108 Å². The van der Waals surface area contributed by atoms with E-state index in [1.807, 2.05) is 0 Å². The van der Waals surface area contributed by atoms with Crippen molar-refractivity contribution in [3.8, 4) is 0 Å². The molecule has 1 N–H and O–H groups in total. The number of hydrogen-bond donors (Lipinski definition) is 1. The van der Waals surface area contributed by atoms with Gasteiger partial charge in [-0.15, -0.1) is 0 Å². The molecule has 1 unspecified atom stereocenters. The molecule has 0 aliphatic carbocycles. The van der Waals surface area contributed by atoms with Crippen LogP contribution in [0.3, 0.4) is 0 Å². The van der Waals surface area contributed by atoms with Crippen LogP contribution in [-0.4, -0.2) is 52.4 Å². The minimum absolute atomic E-state index is 0.590. The summed E-state index contributed by atoms with van der Waals surface area (Å²) in [6.07, 6.45) is -2.44. The molecule has 1 saturated heterocycles. The minimum Gasteiger partial charge on any atom is -0.463 e. The predicted octanol–water partition coefficient (Wildman–Crippen LogP) is 1.32.